The molecule has 0 saturated heterocycles. The molecular weight excluding hydrogens is 282 g/mol. The standard InChI is InChI=1S/C18H22ClNO/c1-4-13(3)16-8-6-7-9-17(16)21-18-11-14(12-19)10-15(5-2)20-18/h6-11,13H,4-5,12H2,1-3H3. The lowest BCUT2D eigenvalue weighted by Crippen LogP contribution is -1.99. The van der Waals surface area contributed by atoms with Crippen molar-refractivity contribution in [2.24, 2.45) is 0 Å². The minimum atomic E-state index is 0.461. The maximum atomic E-state index is 6.05. The summed E-state index contributed by atoms with van der Waals surface area (Å²) in [6, 6.07) is 12.1. The van der Waals surface area contributed by atoms with Gasteiger partial charge < -0.3 is 4.74 Å². The quantitative estimate of drug-likeness (QED) is 0.640. The summed E-state index contributed by atoms with van der Waals surface area (Å²) >= 11 is 5.95. The Bertz CT molecular complexity index is 575. The van der Waals surface area contributed by atoms with Crippen LogP contribution in [-0.2, 0) is 12.3 Å². The highest BCUT2D eigenvalue weighted by Gasteiger charge is 2.11. The SMILES string of the molecule is CCc1cc(CCl)cc(Oc2ccccc2C(C)CC)n1. The van der Waals surface area contributed by atoms with Crippen LogP contribution in [0.15, 0.2) is 36.4 Å². The van der Waals surface area contributed by atoms with Crippen LogP contribution in [0.5, 0.6) is 11.6 Å². The van der Waals surface area contributed by atoms with Gasteiger partial charge in [-0.15, -0.1) is 11.6 Å². The zero-order chi connectivity index (χ0) is 15.2. The normalized spacial score (nSPS) is 12.2. The van der Waals surface area contributed by atoms with Crippen LogP contribution in [0.1, 0.15) is 49.9 Å². The second-order valence-corrected chi connectivity index (χ2v) is 5.51. The first-order valence-corrected chi connectivity index (χ1v) is 8.03. The molecular formula is C18H22ClNO. The van der Waals surface area contributed by atoms with E-state index in [1.54, 1.807) is 0 Å². The van der Waals surface area contributed by atoms with Gasteiger partial charge in [0.1, 0.15) is 5.75 Å². The highest BCUT2D eigenvalue weighted by atomic mass is 35.5. The number of aryl methyl sites for hydroxylation is 1. The number of para-hydroxylation sites is 1. The highest BCUT2D eigenvalue weighted by Crippen LogP contribution is 2.31. The monoisotopic (exact) mass is 303 g/mol. The summed E-state index contributed by atoms with van der Waals surface area (Å²) in [5.74, 6) is 2.44. The van der Waals surface area contributed by atoms with Crippen molar-refractivity contribution < 1.29 is 4.74 Å². The molecule has 0 bridgehead atoms. The molecule has 2 rings (SSSR count). The Balaban J connectivity index is 2.34. The molecule has 0 radical (unpaired) electrons. The Labute approximate surface area is 132 Å². The van der Waals surface area contributed by atoms with E-state index in [9.17, 15) is 0 Å². The molecule has 3 heteroatoms. The average molecular weight is 304 g/mol. The number of benzene rings is 1. The highest BCUT2D eigenvalue weighted by molar-refractivity contribution is 6.17. The maximum absolute atomic E-state index is 6.05. The van der Waals surface area contributed by atoms with Gasteiger partial charge in [-0.3, -0.25) is 0 Å². The molecule has 2 nitrogen and oxygen atoms in total. The predicted molar refractivity (Wildman–Crippen MR) is 88.4 cm³/mol. The Morgan fingerprint density at radius 1 is 1.19 bits per heavy atom. The van der Waals surface area contributed by atoms with Gasteiger partial charge >= 0.3 is 0 Å². The molecule has 112 valence electrons. The summed E-state index contributed by atoms with van der Waals surface area (Å²) in [7, 11) is 0. The van der Waals surface area contributed by atoms with E-state index in [2.05, 4.69) is 37.9 Å². The first-order valence-electron chi connectivity index (χ1n) is 7.50. The van der Waals surface area contributed by atoms with Crippen LogP contribution >= 0.6 is 11.6 Å². The number of alkyl halides is 1. The van der Waals surface area contributed by atoms with Crippen molar-refractivity contribution in [2.75, 3.05) is 0 Å². The van der Waals surface area contributed by atoms with Crippen LogP contribution in [0, 0.1) is 0 Å². The van der Waals surface area contributed by atoms with E-state index in [0.717, 1.165) is 29.8 Å². The van der Waals surface area contributed by atoms with E-state index < -0.39 is 0 Å². The molecule has 0 aliphatic carbocycles. The Morgan fingerprint density at radius 3 is 2.62 bits per heavy atom. The van der Waals surface area contributed by atoms with Crippen molar-refractivity contribution in [3.63, 3.8) is 0 Å². The van der Waals surface area contributed by atoms with Crippen molar-refractivity contribution in [3.05, 3.63) is 53.2 Å². The minimum absolute atomic E-state index is 0.461. The fourth-order valence-electron chi connectivity index (χ4n) is 2.24. The third kappa shape index (κ3) is 3.98. The second-order valence-electron chi connectivity index (χ2n) is 5.24. The van der Waals surface area contributed by atoms with Crippen LogP contribution in [-0.4, -0.2) is 4.98 Å². The fraction of sp³-hybridized carbons (Fsp3) is 0.389. The molecule has 1 unspecified atom stereocenters. The predicted octanol–water partition coefficient (Wildman–Crippen LogP) is 5.69. The first-order chi connectivity index (χ1) is 10.2. The number of hydrogen-bond acceptors (Lipinski definition) is 2. The van der Waals surface area contributed by atoms with Crippen molar-refractivity contribution in [1.29, 1.82) is 0 Å². The lowest BCUT2D eigenvalue weighted by atomic mass is 9.98. The molecule has 1 atom stereocenters. The molecule has 1 aromatic carbocycles. The number of pyridine rings is 1. The van der Waals surface area contributed by atoms with E-state index in [0.29, 0.717) is 17.7 Å². The zero-order valence-corrected chi connectivity index (χ0v) is 13.7. The van der Waals surface area contributed by atoms with E-state index in [4.69, 9.17) is 16.3 Å². The minimum Gasteiger partial charge on any atom is -0.439 e. The number of hydrogen-bond donors (Lipinski definition) is 0. The van der Waals surface area contributed by atoms with Gasteiger partial charge in [-0.1, -0.05) is 39.0 Å². The lowest BCUT2D eigenvalue weighted by Gasteiger charge is -2.15. The third-order valence-corrected chi connectivity index (χ3v) is 4.02. The van der Waals surface area contributed by atoms with E-state index in [1.807, 2.05) is 24.3 Å². The molecule has 0 fully saturated rings. The molecule has 0 spiro atoms. The molecule has 0 saturated carbocycles. The third-order valence-electron chi connectivity index (χ3n) is 3.71. The number of aromatic nitrogens is 1. The number of ether oxygens (including phenoxy) is 1. The molecule has 21 heavy (non-hydrogen) atoms. The van der Waals surface area contributed by atoms with E-state index in [1.165, 1.54) is 5.56 Å². The lowest BCUT2D eigenvalue weighted by molar-refractivity contribution is 0.449. The summed E-state index contributed by atoms with van der Waals surface area (Å²) < 4.78 is 6.05. The summed E-state index contributed by atoms with van der Waals surface area (Å²) in [6.07, 6.45) is 1.95. The van der Waals surface area contributed by atoms with Crippen LogP contribution < -0.4 is 4.74 Å². The average Bonchev–Trinajstić information content (AvgIpc) is 2.54. The van der Waals surface area contributed by atoms with Gasteiger partial charge in [0, 0.05) is 17.6 Å². The molecule has 1 aromatic heterocycles. The van der Waals surface area contributed by atoms with Crippen molar-refractivity contribution >= 4 is 11.6 Å². The van der Waals surface area contributed by atoms with Gasteiger partial charge in [0.05, 0.1) is 0 Å². The van der Waals surface area contributed by atoms with Gasteiger partial charge in [0.15, 0.2) is 0 Å². The zero-order valence-electron chi connectivity index (χ0n) is 12.9. The number of nitrogens with zero attached hydrogens (tertiary/aromatic N) is 1. The summed E-state index contributed by atoms with van der Waals surface area (Å²) in [4.78, 5) is 4.54. The van der Waals surface area contributed by atoms with Gasteiger partial charge in [-0.05, 0) is 42.0 Å². The van der Waals surface area contributed by atoms with Crippen molar-refractivity contribution in [1.82, 2.24) is 4.98 Å². The molecule has 0 N–H and O–H groups in total. The fourth-order valence-corrected chi connectivity index (χ4v) is 2.40. The summed E-state index contributed by atoms with van der Waals surface area (Å²) in [6.45, 7) is 6.47. The Hall–Kier alpha value is -1.54. The maximum Gasteiger partial charge on any atom is 0.219 e. The Morgan fingerprint density at radius 2 is 1.95 bits per heavy atom. The topological polar surface area (TPSA) is 22.1 Å². The largest absolute Gasteiger partial charge is 0.439 e. The molecule has 0 aliphatic heterocycles. The first kappa shape index (κ1) is 15.8. The number of rotatable bonds is 6. The van der Waals surface area contributed by atoms with Crippen molar-refractivity contribution in [3.8, 4) is 11.6 Å². The van der Waals surface area contributed by atoms with E-state index in [-0.39, 0.29) is 0 Å². The van der Waals surface area contributed by atoms with Crippen LogP contribution in [0.3, 0.4) is 0 Å². The molecule has 1 heterocycles. The van der Waals surface area contributed by atoms with Gasteiger partial charge in [-0.25, -0.2) is 4.98 Å². The van der Waals surface area contributed by atoms with Gasteiger partial charge in [0.2, 0.25) is 5.88 Å². The van der Waals surface area contributed by atoms with Crippen LogP contribution in [0.4, 0.5) is 0 Å². The van der Waals surface area contributed by atoms with Gasteiger partial charge in [-0.2, -0.15) is 0 Å². The second kappa shape index (κ2) is 7.46. The van der Waals surface area contributed by atoms with Gasteiger partial charge in [0.25, 0.3) is 0 Å². The summed E-state index contributed by atoms with van der Waals surface area (Å²) in [5, 5.41) is 0. The molecule has 0 aliphatic rings. The number of halogens is 1. The van der Waals surface area contributed by atoms with Crippen LogP contribution in [0.2, 0.25) is 0 Å². The smallest absolute Gasteiger partial charge is 0.219 e. The Kier molecular flexibility index (Phi) is 5.63. The van der Waals surface area contributed by atoms with E-state index >= 15 is 0 Å². The van der Waals surface area contributed by atoms with Crippen LogP contribution in [0.25, 0.3) is 0 Å². The molecule has 0 amide bonds. The summed E-state index contributed by atoms with van der Waals surface area (Å²) in [5.41, 5.74) is 3.26. The molecule has 2 aromatic rings. The van der Waals surface area contributed by atoms with Crippen molar-refractivity contribution in [2.45, 2.75) is 45.4 Å².